The maximum atomic E-state index is 11.5. The lowest BCUT2D eigenvalue weighted by atomic mass is 10.2. The normalized spacial score (nSPS) is 11.4. The van der Waals surface area contributed by atoms with Crippen LogP contribution in [-0.4, -0.2) is 38.0 Å². The van der Waals surface area contributed by atoms with E-state index in [0.29, 0.717) is 6.54 Å². The van der Waals surface area contributed by atoms with Crippen molar-refractivity contribution in [2.24, 2.45) is 0 Å². The van der Waals surface area contributed by atoms with Crippen molar-refractivity contribution in [3.05, 3.63) is 36.0 Å². The van der Waals surface area contributed by atoms with E-state index in [2.05, 4.69) is 15.6 Å². The Hall–Kier alpha value is -2.02. The Labute approximate surface area is 117 Å². The fourth-order valence-electron chi connectivity index (χ4n) is 1.82. The predicted molar refractivity (Wildman–Crippen MR) is 78.2 cm³/mol. The van der Waals surface area contributed by atoms with Gasteiger partial charge in [0.1, 0.15) is 9.84 Å². The molecule has 0 spiro atoms. The molecule has 3 N–H and O–H groups in total. The van der Waals surface area contributed by atoms with Gasteiger partial charge in [0.05, 0.1) is 12.3 Å². The Morgan fingerprint density at radius 2 is 2.00 bits per heavy atom. The van der Waals surface area contributed by atoms with E-state index >= 15 is 0 Å². The Morgan fingerprint density at radius 1 is 1.25 bits per heavy atom. The summed E-state index contributed by atoms with van der Waals surface area (Å²) in [7, 11) is -3.05. The molecule has 0 aliphatic rings. The highest BCUT2D eigenvalue weighted by molar-refractivity contribution is 7.90. The van der Waals surface area contributed by atoms with E-state index in [1.807, 2.05) is 30.3 Å². The summed E-state index contributed by atoms with van der Waals surface area (Å²) in [6, 6.07) is 9.42. The number of aromatic nitrogens is 1. The molecule has 20 heavy (non-hydrogen) atoms. The first-order chi connectivity index (χ1) is 9.44. The first-order valence-corrected chi connectivity index (χ1v) is 8.26. The summed E-state index contributed by atoms with van der Waals surface area (Å²) >= 11 is 0. The number of hydrogen-bond acceptors (Lipinski definition) is 3. The highest BCUT2D eigenvalue weighted by Gasteiger charge is 2.05. The summed E-state index contributed by atoms with van der Waals surface area (Å²) in [4.78, 5) is 14.7. The molecular formula is C13H17N3O3S. The largest absolute Gasteiger partial charge is 0.357 e. The smallest absolute Gasteiger partial charge is 0.315 e. The van der Waals surface area contributed by atoms with Crippen molar-refractivity contribution >= 4 is 26.8 Å². The second-order valence-electron chi connectivity index (χ2n) is 4.62. The van der Waals surface area contributed by atoms with Crippen molar-refractivity contribution in [2.45, 2.75) is 6.54 Å². The van der Waals surface area contributed by atoms with E-state index in [-0.39, 0.29) is 18.3 Å². The van der Waals surface area contributed by atoms with Gasteiger partial charge in [0.25, 0.3) is 0 Å². The summed E-state index contributed by atoms with van der Waals surface area (Å²) in [6.07, 6.45) is 1.14. The van der Waals surface area contributed by atoms with Gasteiger partial charge in [-0.1, -0.05) is 18.2 Å². The van der Waals surface area contributed by atoms with Gasteiger partial charge in [-0.3, -0.25) is 0 Å². The summed E-state index contributed by atoms with van der Waals surface area (Å²) in [6.45, 7) is 0.469. The van der Waals surface area contributed by atoms with Crippen molar-refractivity contribution < 1.29 is 13.2 Å². The van der Waals surface area contributed by atoms with Gasteiger partial charge >= 0.3 is 6.03 Å². The number of para-hydroxylation sites is 1. The summed E-state index contributed by atoms with van der Waals surface area (Å²) in [5, 5.41) is 6.26. The number of fused-ring (bicyclic) bond motifs is 1. The van der Waals surface area contributed by atoms with Crippen LogP contribution in [0.3, 0.4) is 0 Å². The molecule has 1 aromatic carbocycles. The van der Waals surface area contributed by atoms with Gasteiger partial charge in [-0.15, -0.1) is 0 Å². The molecule has 0 aliphatic carbocycles. The van der Waals surface area contributed by atoms with Gasteiger partial charge < -0.3 is 15.6 Å². The van der Waals surface area contributed by atoms with Crippen LogP contribution in [-0.2, 0) is 16.4 Å². The molecule has 6 nitrogen and oxygen atoms in total. The SMILES string of the molecule is CS(=O)(=O)CCNC(=O)NCc1cc2ccccc2[nH]1. The first kappa shape index (κ1) is 14.4. The number of rotatable bonds is 5. The first-order valence-electron chi connectivity index (χ1n) is 6.20. The molecule has 2 aromatic rings. The highest BCUT2D eigenvalue weighted by atomic mass is 32.2. The van der Waals surface area contributed by atoms with Crippen LogP contribution < -0.4 is 10.6 Å². The van der Waals surface area contributed by atoms with Crippen LogP contribution in [0.5, 0.6) is 0 Å². The van der Waals surface area contributed by atoms with Crippen LogP contribution in [0.25, 0.3) is 10.9 Å². The zero-order chi connectivity index (χ0) is 14.6. The van der Waals surface area contributed by atoms with E-state index in [9.17, 15) is 13.2 Å². The molecule has 2 rings (SSSR count). The number of urea groups is 1. The third-order valence-electron chi connectivity index (χ3n) is 2.78. The molecule has 0 saturated carbocycles. The predicted octanol–water partition coefficient (Wildman–Crippen LogP) is 1.01. The van der Waals surface area contributed by atoms with Crippen LogP contribution in [0, 0.1) is 0 Å². The summed E-state index contributed by atoms with van der Waals surface area (Å²) in [5.41, 5.74) is 1.91. The monoisotopic (exact) mass is 295 g/mol. The molecule has 0 unspecified atom stereocenters. The van der Waals surface area contributed by atoms with Crippen molar-refractivity contribution in [1.29, 1.82) is 0 Å². The van der Waals surface area contributed by atoms with Crippen LogP contribution in [0.15, 0.2) is 30.3 Å². The van der Waals surface area contributed by atoms with Gasteiger partial charge in [0.15, 0.2) is 0 Å². The fourth-order valence-corrected chi connectivity index (χ4v) is 2.29. The fraction of sp³-hybridized carbons (Fsp3) is 0.308. The van der Waals surface area contributed by atoms with Crippen LogP contribution >= 0.6 is 0 Å². The van der Waals surface area contributed by atoms with Gasteiger partial charge in [-0.2, -0.15) is 0 Å². The van der Waals surface area contributed by atoms with E-state index in [4.69, 9.17) is 0 Å². The number of H-pyrrole nitrogens is 1. The summed E-state index contributed by atoms with van der Waals surface area (Å²) < 4.78 is 21.8. The Balaban J connectivity index is 1.81. The standard InChI is InChI=1S/C13H17N3O3S/c1-20(18,19)7-6-14-13(17)15-9-11-8-10-4-2-3-5-12(10)16-11/h2-5,8,16H,6-7,9H2,1H3,(H2,14,15,17). The molecule has 2 amide bonds. The molecule has 108 valence electrons. The number of aromatic amines is 1. The minimum absolute atomic E-state index is 0.0627. The Morgan fingerprint density at radius 3 is 2.70 bits per heavy atom. The molecule has 0 bridgehead atoms. The van der Waals surface area contributed by atoms with Gasteiger partial charge in [-0.25, -0.2) is 13.2 Å². The number of amides is 2. The average Bonchev–Trinajstić information content (AvgIpc) is 2.77. The maximum absolute atomic E-state index is 11.5. The number of hydrogen-bond donors (Lipinski definition) is 3. The lowest BCUT2D eigenvalue weighted by Gasteiger charge is -2.05. The molecular weight excluding hydrogens is 278 g/mol. The van der Waals surface area contributed by atoms with E-state index < -0.39 is 9.84 Å². The van der Waals surface area contributed by atoms with Crippen molar-refractivity contribution in [2.75, 3.05) is 18.6 Å². The van der Waals surface area contributed by atoms with E-state index in [1.165, 1.54) is 0 Å². The quantitative estimate of drug-likeness (QED) is 0.769. The van der Waals surface area contributed by atoms with Crippen LogP contribution in [0.2, 0.25) is 0 Å². The van der Waals surface area contributed by atoms with Crippen molar-refractivity contribution in [1.82, 2.24) is 15.6 Å². The second kappa shape index (κ2) is 5.96. The Kier molecular flexibility index (Phi) is 4.29. The van der Waals surface area contributed by atoms with E-state index in [0.717, 1.165) is 22.9 Å². The Bertz CT molecular complexity index is 673. The summed E-state index contributed by atoms with van der Waals surface area (Å²) in [5.74, 6) is -0.0627. The number of carbonyl (C=O) groups is 1. The molecule has 0 radical (unpaired) electrons. The highest BCUT2D eigenvalue weighted by Crippen LogP contribution is 2.14. The maximum Gasteiger partial charge on any atom is 0.315 e. The lowest BCUT2D eigenvalue weighted by Crippen LogP contribution is -2.37. The van der Waals surface area contributed by atoms with Gasteiger partial charge in [-0.05, 0) is 17.5 Å². The minimum atomic E-state index is -3.05. The molecule has 1 heterocycles. The third-order valence-corrected chi connectivity index (χ3v) is 3.73. The van der Waals surface area contributed by atoms with Crippen molar-refractivity contribution in [3.63, 3.8) is 0 Å². The molecule has 1 aromatic heterocycles. The second-order valence-corrected chi connectivity index (χ2v) is 6.88. The third kappa shape index (κ3) is 4.27. The molecule has 0 saturated heterocycles. The topological polar surface area (TPSA) is 91.1 Å². The van der Waals surface area contributed by atoms with Gasteiger partial charge in [0.2, 0.25) is 0 Å². The zero-order valence-corrected chi connectivity index (χ0v) is 12.0. The number of nitrogens with one attached hydrogen (secondary N) is 3. The van der Waals surface area contributed by atoms with Crippen molar-refractivity contribution in [3.8, 4) is 0 Å². The molecule has 0 fully saturated rings. The number of benzene rings is 1. The molecule has 7 heteroatoms. The minimum Gasteiger partial charge on any atom is -0.357 e. The molecule has 0 aliphatic heterocycles. The number of carbonyl (C=O) groups excluding carboxylic acids is 1. The number of sulfone groups is 1. The van der Waals surface area contributed by atoms with Crippen LogP contribution in [0.4, 0.5) is 4.79 Å². The average molecular weight is 295 g/mol. The van der Waals surface area contributed by atoms with E-state index in [1.54, 1.807) is 0 Å². The lowest BCUT2D eigenvalue weighted by molar-refractivity contribution is 0.241. The van der Waals surface area contributed by atoms with Gasteiger partial charge in [0, 0.05) is 24.0 Å². The molecule has 0 atom stereocenters. The zero-order valence-electron chi connectivity index (χ0n) is 11.1. The van der Waals surface area contributed by atoms with Crippen LogP contribution in [0.1, 0.15) is 5.69 Å².